The van der Waals surface area contributed by atoms with Crippen molar-refractivity contribution in [2.45, 2.75) is 32.6 Å². The Morgan fingerprint density at radius 3 is 2.17 bits per heavy atom. The van der Waals surface area contributed by atoms with Crippen LogP contribution in [0.1, 0.15) is 32.6 Å². The fourth-order valence-corrected chi connectivity index (χ4v) is 1.76. The smallest absolute Gasteiger partial charge is 0.379 e. The van der Waals surface area contributed by atoms with Crippen LogP contribution in [0.3, 0.4) is 0 Å². The van der Waals surface area contributed by atoms with Crippen LogP contribution >= 0.6 is 0 Å². The minimum atomic E-state index is -1.74. The van der Waals surface area contributed by atoms with E-state index in [1.807, 2.05) is 0 Å². The Morgan fingerprint density at radius 1 is 1.00 bits per heavy atom. The molecule has 4 heteroatoms. The van der Waals surface area contributed by atoms with E-state index in [4.69, 9.17) is 13.3 Å². The molecule has 0 saturated heterocycles. The summed E-state index contributed by atoms with van der Waals surface area (Å²) in [6.45, 7) is 2.97. The van der Waals surface area contributed by atoms with Crippen LogP contribution in [-0.2, 0) is 13.3 Å². The van der Waals surface area contributed by atoms with Crippen LogP contribution in [0.2, 0.25) is 0 Å². The molecule has 0 fully saturated rings. The maximum Gasteiger partial charge on any atom is 0.483 e. The van der Waals surface area contributed by atoms with Gasteiger partial charge in [0.15, 0.2) is 0 Å². The van der Waals surface area contributed by atoms with Gasteiger partial charge in [0, 0.05) is 20.8 Å². The largest absolute Gasteiger partial charge is 0.483 e. The predicted molar refractivity (Wildman–Crippen MR) is 51.3 cm³/mol. The van der Waals surface area contributed by atoms with E-state index in [1.54, 1.807) is 14.2 Å². The Bertz CT molecular complexity index is 86.4. The Hall–Kier alpha value is 0.0969. The standard InChI is InChI=1S/C8H20O3Si/c1-4-5-6-7-8-11-12(9-2)10-3/h12H,4-8H2,1-3H3. The Morgan fingerprint density at radius 2 is 1.67 bits per heavy atom. The minimum absolute atomic E-state index is 0.776. The SMILES string of the molecule is CCCCCCO[SiH](OC)OC. The quantitative estimate of drug-likeness (QED) is 0.432. The monoisotopic (exact) mass is 192 g/mol. The van der Waals surface area contributed by atoms with Gasteiger partial charge in [-0.3, -0.25) is 0 Å². The number of hydrogen-bond donors (Lipinski definition) is 0. The average molecular weight is 192 g/mol. The molecule has 0 N–H and O–H groups in total. The topological polar surface area (TPSA) is 27.7 Å². The Labute approximate surface area is 77.0 Å². The fraction of sp³-hybridized carbons (Fsp3) is 1.00. The van der Waals surface area contributed by atoms with Crippen molar-refractivity contribution in [3.05, 3.63) is 0 Å². The number of hydrogen-bond acceptors (Lipinski definition) is 3. The van der Waals surface area contributed by atoms with Gasteiger partial charge >= 0.3 is 9.53 Å². The van der Waals surface area contributed by atoms with Gasteiger partial charge in [-0.15, -0.1) is 0 Å². The summed E-state index contributed by atoms with van der Waals surface area (Å²) in [5.74, 6) is 0. The van der Waals surface area contributed by atoms with Crippen molar-refractivity contribution in [3.63, 3.8) is 0 Å². The van der Waals surface area contributed by atoms with Crippen molar-refractivity contribution < 1.29 is 13.3 Å². The first-order valence-electron chi connectivity index (χ1n) is 4.52. The third-order valence-electron chi connectivity index (χ3n) is 1.64. The summed E-state index contributed by atoms with van der Waals surface area (Å²) in [7, 11) is 1.52. The van der Waals surface area contributed by atoms with Gasteiger partial charge < -0.3 is 13.3 Å². The first kappa shape index (κ1) is 12.1. The van der Waals surface area contributed by atoms with E-state index in [9.17, 15) is 0 Å². The van der Waals surface area contributed by atoms with Gasteiger partial charge in [0.05, 0.1) is 0 Å². The summed E-state index contributed by atoms with van der Waals surface area (Å²) in [5, 5.41) is 0. The molecule has 0 spiro atoms. The lowest BCUT2D eigenvalue weighted by Crippen LogP contribution is -2.24. The van der Waals surface area contributed by atoms with Crippen molar-refractivity contribution in [3.8, 4) is 0 Å². The maximum absolute atomic E-state index is 5.38. The molecule has 0 aliphatic rings. The zero-order valence-electron chi connectivity index (χ0n) is 8.34. The highest BCUT2D eigenvalue weighted by Crippen LogP contribution is 1.99. The average Bonchev–Trinajstić information content (AvgIpc) is 2.11. The van der Waals surface area contributed by atoms with Crippen molar-refractivity contribution in [2.24, 2.45) is 0 Å². The second kappa shape index (κ2) is 9.19. The third kappa shape index (κ3) is 6.79. The van der Waals surface area contributed by atoms with E-state index < -0.39 is 9.53 Å². The molecule has 0 saturated carbocycles. The van der Waals surface area contributed by atoms with Crippen LogP contribution in [0.15, 0.2) is 0 Å². The molecule has 0 aliphatic carbocycles. The van der Waals surface area contributed by atoms with Crippen LogP contribution in [0.4, 0.5) is 0 Å². The number of unbranched alkanes of at least 4 members (excludes halogenated alkanes) is 3. The van der Waals surface area contributed by atoms with Crippen molar-refractivity contribution in [2.75, 3.05) is 20.8 Å². The lowest BCUT2D eigenvalue weighted by Gasteiger charge is -2.10. The highest BCUT2D eigenvalue weighted by atomic mass is 28.3. The molecule has 0 bridgehead atoms. The molecule has 0 unspecified atom stereocenters. The van der Waals surface area contributed by atoms with E-state index in [0.29, 0.717) is 0 Å². The molecule has 0 aromatic carbocycles. The molecule has 0 heterocycles. The lowest BCUT2D eigenvalue weighted by molar-refractivity contribution is 0.133. The predicted octanol–water partition coefficient (Wildman–Crippen LogP) is 1.59. The fourth-order valence-electron chi connectivity index (χ4n) is 0.941. The second-order valence-electron chi connectivity index (χ2n) is 2.69. The normalized spacial score (nSPS) is 11.0. The summed E-state index contributed by atoms with van der Waals surface area (Å²) < 4.78 is 15.4. The molecule has 3 nitrogen and oxygen atoms in total. The molecule has 0 radical (unpaired) electrons. The molecule has 0 amide bonds. The van der Waals surface area contributed by atoms with Crippen molar-refractivity contribution >= 4 is 9.53 Å². The van der Waals surface area contributed by atoms with E-state index in [1.165, 1.54) is 19.3 Å². The summed E-state index contributed by atoms with van der Waals surface area (Å²) >= 11 is 0. The Kier molecular flexibility index (Phi) is 9.26. The molecule has 12 heavy (non-hydrogen) atoms. The van der Waals surface area contributed by atoms with Gasteiger partial charge in [-0.05, 0) is 6.42 Å². The minimum Gasteiger partial charge on any atom is -0.379 e. The van der Waals surface area contributed by atoms with E-state index in [0.717, 1.165) is 13.0 Å². The van der Waals surface area contributed by atoms with Gasteiger partial charge in [0.2, 0.25) is 0 Å². The van der Waals surface area contributed by atoms with E-state index >= 15 is 0 Å². The molecular formula is C8H20O3Si. The highest BCUT2D eigenvalue weighted by Gasteiger charge is 2.09. The Balaban J connectivity index is 3.06. The lowest BCUT2D eigenvalue weighted by atomic mass is 10.2. The van der Waals surface area contributed by atoms with Crippen LogP contribution in [0, 0.1) is 0 Å². The molecule has 0 atom stereocenters. The molecule has 0 rings (SSSR count). The van der Waals surface area contributed by atoms with Crippen LogP contribution < -0.4 is 0 Å². The third-order valence-corrected chi connectivity index (χ3v) is 2.91. The van der Waals surface area contributed by atoms with Crippen LogP contribution in [0.25, 0.3) is 0 Å². The molecule has 0 aromatic rings. The summed E-state index contributed by atoms with van der Waals surface area (Å²) in [6, 6.07) is 0. The van der Waals surface area contributed by atoms with Gasteiger partial charge in [0.25, 0.3) is 0 Å². The zero-order valence-corrected chi connectivity index (χ0v) is 9.49. The number of rotatable bonds is 8. The van der Waals surface area contributed by atoms with Gasteiger partial charge in [-0.25, -0.2) is 0 Å². The molecule has 74 valence electrons. The first-order chi connectivity index (χ1) is 5.85. The molecular weight excluding hydrogens is 172 g/mol. The summed E-state index contributed by atoms with van der Waals surface area (Å²) in [4.78, 5) is 0. The van der Waals surface area contributed by atoms with Gasteiger partial charge in [-0.2, -0.15) is 0 Å². The van der Waals surface area contributed by atoms with Crippen molar-refractivity contribution in [1.29, 1.82) is 0 Å². The van der Waals surface area contributed by atoms with Gasteiger partial charge in [0.1, 0.15) is 0 Å². The van der Waals surface area contributed by atoms with E-state index in [-0.39, 0.29) is 0 Å². The highest BCUT2D eigenvalue weighted by molar-refractivity contribution is 6.36. The van der Waals surface area contributed by atoms with Crippen molar-refractivity contribution in [1.82, 2.24) is 0 Å². The van der Waals surface area contributed by atoms with Crippen LogP contribution in [0.5, 0.6) is 0 Å². The zero-order chi connectivity index (χ0) is 9.23. The maximum atomic E-state index is 5.38. The second-order valence-corrected chi connectivity index (χ2v) is 4.55. The molecule has 0 aromatic heterocycles. The molecule has 0 aliphatic heterocycles. The van der Waals surface area contributed by atoms with E-state index in [2.05, 4.69) is 6.92 Å². The summed E-state index contributed by atoms with van der Waals surface area (Å²) in [5.41, 5.74) is 0. The summed E-state index contributed by atoms with van der Waals surface area (Å²) in [6.07, 6.45) is 4.90. The van der Waals surface area contributed by atoms with Crippen LogP contribution in [-0.4, -0.2) is 30.4 Å². The van der Waals surface area contributed by atoms with Gasteiger partial charge in [-0.1, -0.05) is 26.2 Å². The first-order valence-corrected chi connectivity index (χ1v) is 5.93.